The van der Waals surface area contributed by atoms with Crippen LogP contribution in [0.15, 0.2) is 48.5 Å². The Morgan fingerprint density at radius 3 is 2.29 bits per heavy atom. The Balaban J connectivity index is 1.32. The largest absolute Gasteiger partial charge is 0.481 e. The summed E-state index contributed by atoms with van der Waals surface area (Å²) in [6, 6.07) is 16.3. The fraction of sp³-hybridized carbons (Fsp3) is 0.464. The molecule has 0 aromatic heterocycles. The standard InChI is InChI=1S/C28H34N2O5/c1-2-15-30(16-14-26(31)32)27(33)19-8-7-9-20(17-19)29-28(34)35-18-25-23-12-5-3-10-21(23)22-11-4-6-13-24(22)25/h3-6,10-13,19-20,25H,2,7-9,14-18H2,1H3,(H,29,34)(H,31,32). The van der Waals surface area contributed by atoms with Gasteiger partial charge in [-0.2, -0.15) is 0 Å². The van der Waals surface area contributed by atoms with E-state index >= 15 is 0 Å². The summed E-state index contributed by atoms with van der Waals surface area (Å²) >= 11 is 0. The number of ether oxygens (including phenoxy) is 1. The molecular weight excluding hydrogens is 444 g/mol. The van der Waals surface area contributed by atoms with Gasteiger partial charge >= 0.3 is 12.1 Å². The van der Waals surface area contributed by atoms with E-state index in [9.17, 15) is 14.4 Å². The molecule has 0 radical (unpaired) electrons. The van der Waals surface area contributed by atoms with Crippen LogP contribution in [-0.2, 0) is 14.3 Å². The first-order valence-electron chi connectivity index (χ1n) is 12.6. The van der Waals surface area contributed by atoms with E-state index in [4.69, 9.17) is 9.84 Å². The molecule has 186 valence electrons. The maximum Gasteiger partial charge on any atom is 0.407 e. The molecule has 0 saturated heterocycles. The van der Waals surface area contributed by atoms with E-state index in [1.807, 2.05) is 31.2 Å². The molecule has 7 heteroatoms. The van der Waals surface area contributed by atoms with E-state index in [1.54, 1.807) is 4.90 Å². The normalized spacial score (nSPS) is 18.9. The van der Waals surface area contributed by atoms with E-state index in [1.165, 1.54) is 22.3 Å². The molecule has 1 fully saturated rings. The first-order chi connectivity index (χ1) is 17.0. The molecule has 0 spiro atoms. The third kappa shape index (κ3) is 5.84. The van der Waals surface area contributed by atoms with Gasteiger partial charge in [0.25, 0.3) is 0 Å². The van der Waals surface area contributed by atoms with Gasteiger partial charge in [0, 0.05) is 31.0 Å². The molecular formula is C28H34N2O5. The lowest BCUT2D eigenvalue weighted by molar-refractivity contribution is -0.140. The molecule has 2 aliphatic carbocycles. The summed E-state index contributed by atoms with van der Waals surface area (Å²) in [5.41, 5.74) is 4.71. The number of alkyl carbamates (subject to hydrolysis) is 1. The van der Waals surface area contributed by atoms with Crippen molar-refractivity contribution in [1.82, 2.24) is 10.2 Å². The number of carboxylic acid groups (broad SMARTS) is 1. The third-order valence-corrected chi connectivity index (χ3v) is 7.09. The van der Waals surface area contributed by atoms with Crippen LogP contribution in [0.4, 0.5) is 4.79 Å². The highest BCUT2D eigenvalue weighted by molar-refractivity contribution is 5.80. The topological polar surface area (TPSA) is 95.9 Å². The number of benzene rings is 2. The average molecular weight is 479 g/mol. The Morgan fingerprint density at radius 1 is 1.00 bits per heavy atom. The number of aliphatic carboxylic acids is 1. The SMILES string of the molecule is CCCN(CCC(=O)O)C(=O)C1CCCC(NC(=O)OCC2c3ccccc3-c3ccccc32)C1. The number of hydrogen-bond acceptors (Lipinski definition) is 4. The minimum absolute atomic E-state index is 0.00525. The monoisotopic (exact) mass is 478 g/mol. The van der Waals surface area contributed by atoms with Crippen molar-refractivity contribution in [3.8, 4) is 11.1 Å². The number of carboxylic acids is 1. The average Bonchev–Trinajstić information content (AvgIpc) is 3.18. The molecule has 2 atom stereocenters. The van der Waals surface area contributed by atoms with E-state index in [-0.39, 0.29) is 43.4 Å². The summed E-state index contributed by atoms with van der Waals surface area (Å²) in [5, 5.41) is 12.0. The molecule has 0 heterocycles. The molecule has 35 heavy (non-hydrogen) atoms. The number of carbonyl (C=O) groups is 3. The maximum absolute atomic E-state index is 13.1. The number of rotatable bonds is 9. The number of carbonyl (C=O) groups excluding carboxylic acids is 2. The zero-order valence-corrected chi connectivity index (χ0v) is 20.2. The number of fused-ring (bicyclic) bond motifs is 3. The Morgan fingerprint density at radius 2 is 1.66 bits per heavy atom. The zero-order chi connectivity index (χ0) is 24.8. The van der Waals surface area contributed by atoms with Crippen LogP contribution in [0.25, 0.3) is 11.1 Å². The minimum Gasteiger partial charge on any atom is -0.481 e. The molecule has 2 unspecified atom stereocenters. The second kappa shape index (κ2) is 11.4. The van der Waals surface area contributed by atoms with Crippen LogP contribution >= 0.6 is 0 Å². The van der Waals surface area contributed by atoms with Crippen molar-refractivity contribution < 1.29 is 24.2 Å². The lowest BCUT2D eigenvalue weighted by atomic mass is 9.84. The van der Waals surface area contributed by atoms with Crippen molar-refractivity contribution in [2.75, 3.05) is 19.7 Å². The number of amides is 2. The van der Waals surface area contributed by atoms with Crippen molar-refractivity contribution in [1.29, 1.82) is 0 Å². The predicted molar refractivity (Wildman–Crippen MR) is 133 cm³/mol. The van der Waals surface area contributed by atoms with Gasteiger partial charge in [-0.3, -0.25) is 9.59 Å². The van der Waals surface area contributed by atoms with Crippen LogP contribution in [0.3, 0.4) is 0 Å². The highest BCUT2D eigenvalue weighted by Crippen LogP contribution is 2.44. The first kappa shape index (κ1) is 24.8. The van der Waals surface area contributed by atoms with Crippen LogP contribution in [0.1, 0.15) is 62.5 Å². The van der Waals surface area contributed by atoms with E-state index in [0.29, 0.717) is 13.0 Å². The predicted octanol–water partition coefficient (Wildman–Crippen LogP) is 4.80. The van der Waals surface area contributed by atoms with Gasteiger partial charge in [0.1, 0.15) is 6.61 Å². The number of nitrogens with one attached hydrogen (secondary N) is 1. The second-order valence-electron chi connectivity index (χ2n) is 9.50. The zero-order valence-electron chi connectivity index (χ0n) is 20.2. The minimum atomic E-state index is -0.905. The molecule has 2 aliphatic rings. The summed E-state index contributed by atoms with van der Waals surface area (Å²) in [4.78, 5) is 38.4. The summed E-state index contributed by atoms with van der Waals surface area (Å²) in [5.74, 6) is -1.11. The smallest absolute Gasteiger partial charge is 0.407 e. The van der Waals surface area contributed by atoms with Crippen LogP contribution in [0.5, 0.6) is 0 Å². The van der Waals surface area contributed by atoms with Crippen LogP contribution in [0, 0.1) is 5.92 Å². The highest BCUT2D eigenvalue weighted by Gasteiger charge is 2.32. The lowest BCUT2D eigenvalue weighted by Crippen LogP contribution is -2.44. The van der Waals surface area contributed by atoms with Crippen LogP contribution in [0.2, 0.25) is 0 Å². The third-order valence-electron chi connectivity index (χ3n) is 7.09. The Kier molecular flexibility index (Phi) is 8.06. The number of nitrogens with zero attached hydrogens (tertiary/aromatic N) is 1. The van der Waals surface area contributed by atoms with Gasteiger partial charge in [0.05, 0.1) is 6.42 Å². The van der Waals surface area contributed by atoms with E-state index in [0.717, 1.165) is 25.7 Å². The van der Waals surface area contributed by atoms with Gasteiger partial charge in [0.15, 0.2) is 0 Å². The van der Waals surface area contributed by atoms with E-state index in [2.05, 4.69) is 29.6 Å². The summed E-state index contributed by atoms with van der Waals surface area (Å²) in [6.07, 6.45) is 3.21. The van der Waals surface area contributed by atoms with Crippen molar-refractivity contribution in [2.45, 2.75) is 57.4 Å². The first-order valence-corrected chi connectivity index (χ1v) is 12.6. The number of hydrogen-bond donors (Lipinski definition) is 2. The molecule has 2 amide bonds. The Hall–Kier alpha value is -3.35. The van der Waals surface area contributed by atoms with Crippen molar-refractivity contribution in [3.05, 3.63) is 59.7 Å². The van der Waals surface area contributed by atoms with Crippen molar-refractivity contribution in [3.63, 3.8) is 0 Å². The quantitative estimate of drug-likeness (QED) is 0.540. The van der Waals surface area contributed by atoms with Gasteiger partial charge in [-0.15, -0.1) is 0 Å². The molecule has 2 aromatic carbocycles. The summed E-state index contributed by atoms with van der Waals surface area (Å²) < 4.78 is 5.68. The van der Waals surface area contributed by atoms with Crippen LogP contribution < -0.4 is 5.32 Å². The Labute approximate surface area is 206 Å². The van der Waals surface area contributed by atoms with Gasteiger partial charge in [-0.1, -0.05) is 61.9 Å². The molecule has 1 saturated carbocycles. The molecule has 4 rings (SSSR count). The van der Waals surface area contributed by atoms with Gasteiger partial charge in [-0.25, -0.2) is 4.79 Å². The maximum atomic E-state index is 13.1. The fourth-order valence-electron chi connectivity index (χ4n) is 5.44. The van der Waals surface area contributed by atoms with Gasteiger partial charge < -0.3 is 20.1 Å². The lowest BCUT2D eigenvalue weighted by Gasteiger charge is -2.32. The van der Waals surface area contributed by atoms with Crippen molar-refractivity contribution >= 4 is 18.0 Å². The molecule has 2 aromatic rings. The highest BCUT2D eigenvalue weighted by atomic mass is 16.5. The second-order valence-corrected chi connectivity index (χ2v) is 9.50. The summed E-state index contributed by atoms with van der Waals surface area (Å²) in [7, 11) is 0. The molecule has 0 aliphatic heterocycles. The summed E-state index contributed by atoms with van der Waals surface area (Å²) in [6.45, 7) is 3.01. The molecule has 0 bridgehead atoms. The Bertz CT molecular complexity index is 1020. The van der Waals surface area contributed by atoms with Gasteiger partial charge in [0.2, 0.25) is 5.91 Å². The van der Waals surface area contributed by atoms with Crippen LogP contribution in [-0.4, -0.2) is 53.7 Å². The molecule has 7 nitrogen and oxygen atoms in total. The fourth-order valence-corrected chi connectivity index (χ4v) is 5.44. The van der Waals surface area contributed by atoms with E-state index < -0.39 is 12.1 Å². The molecule has 2 N–H and O–H groups in total. The van der Waals surface area contributed by atoms with Crippen molar-refractivity contribution in [2.24, 2.45) is 5.92 Å². The van der Waals surface area contributed by atoms with Gasteiger partial charge in [-0.05, 0) is 47.9 Å².